The lowest BCUT2D eigenvalue weighted by Gasteiger charge is -2.04. The molecule has 0 aromatic carbocycles. The summed E-state index contributed by atoms with van der Waals surface area (Å²) in [5.41, 5.74) is 6.25. The van der Waals surface area contributed by atoms with Crippen molar-refractivity contribution in [3.8, 4) is 0 Å². The van der Waals surface area contributed by atoms with Gasteiger partial charge in [0.15, 0.2) is 0 Å². The van der Waals surface area contributed by atoms with Crippen LogP contribution < -0.4 is 11.1 Å². The van der Waals surface area contributed by atoms with Gasteiger partial charge >= 0.3 is 0 Å². The molecule has 1 heterocycles. The van der Waals surface area contributed by atoms with Gasteiger partial charge in [-0.3, -0.25) is 4.79 Å². The number of hydrogen-bond donors (Lipinski definition) is 2. The predicted octanol–water partition coefficient (Wildman–Crippen LogP) is 0.418. The molecule has 1 amide bonds. The monoisotopic (exact) mass is 197 g/mol. The van der Waals surface area contributed by atoms with Crippen molar-refractivity contribution in [2.24, 2.45) is 5.73 Å². The third-order valence-electron chi connectivity index (χ3n) is 1.78. The number of carbonyl (C=O) groups excluding carboxylic acids is 1. The van der Waals surface area contributed by atoms with Crippen LogP contribution in [0.3, 0.4) is 0 Å². The first-order chi connectivity index (χ1) is 6.68. The summed E-state index contributed by atoms with van der Waals surface area (Å²) in [7, 11) is 0. The van der Waals surface area contributed by atoms with Crippen molar-refractivity contribution in [3.05, 3.63) is 18.0 Å². The average Bonchev–Trinajstić information content (AvgIpc) is 2.63. The Balaban J connectivity index is 2.15. The molecule has 3 N–H and O–H groups in total. The molecule has 1 unspecified atom stereocenters. The second kappa shape index (κ2) is 5.39. The quantitative estimate of drug-likeness (QED) is 0.716. The summed E-state index contributed by atoms with van der Waals surface area (Å²) in [4.78, 5) is 11.2. The van der Waals surface area contributed by atoms with E-state index >= 15 is 0 Å². The molecule has 0 aliphatic heterocycles. The molecular weight excluding hydrogens is 182 g/mol. The topological polar surface area (TPSA) is 81.2 Å². The van der Waals surface area contributed by atoms with Gasteiger partial charge in [0.05, 0.1) is 6.54 Å². The van der Waals surface area contributed by atoms with Gasteiger partial charge in [-0.05, 0) is 13.3 Å². The van der Waals surface area contributed by atoms with Gasteiger partial charge in [0.2, 0.25) is 5.91 Å². The minimum atomic E-state index is -0.00898. The second-order valence-corrected chi connectivity index (χ2v) is 3.28. The highest BCUT2D eigenvalue weighted by Crippen LogP contribution is 1.96. The van der Waals surface area contributed by atoms with E-state index in [4.69, 9.17) is 5.73 Å². The van der Waals surface area contributed by atoms with Gasteiger partial charge in [-0.2, -0.15) is 0 Å². The van der Waals surface area contributed by atoms with Crippen molar-refractivity contribution in [1.29, 1.82) is 0 Å². The van der Waals surface area contributed by atoms with Crippen molar-refractivity contribution in [1.82, 2.24) is 10.5 Å². The number of carbonyl (C=O) groups is 1. The molecule has 1 rings (SSSR count). The van der Waals surface area contributed by atoms with Gasteiger partial charge in [-0.15, -0.1) is 0 Å². The van der Waals surface area contributed by atoms with E-state index in [1.807, 2.05) is 6.92 Å². The largest absolute Gasteiger partial charge is 0.364 e. The van der Waals surface area contributed by atoms with Crippen LogP contribution in [0.4, 0.5) is 0 Å². The van der Waals surface area contributed by atoms with Crippen LogP contribution in [-0.2, 0) is 11.3 Å². The van der Waals surface area contributed by atoms with Gasteiger partial charge in [0.25, 0.3) is 0 Å². The molecule has 0 aliphatic carbocycles. The number of rotatable bonds is 5. The van der Waals surface area contributed by atoms with Crippen LogP contribution in [0.2, 0.25) is 0 Å². The zero-order valence-corrected chi connectivity index (χ0v) is 8.19. The molecule has 78 valence electrons. The Kier molecular flexibility index (Phi) is 4.12. The van der Waals surface area contributed by atoms with Crippen molar-refractivity contribution in [3.63, 3.8) is 0 Å². The number of nitrogens with zero attached hydrogens (tertiary/aromatic N) is 1. The SMILES string of the molecule is CC(N)CCC(=O)NCc1ccon1. The molecule has 1 aromatic rings. The van der Waals surface area contributed by atoms with Crippen LogP contribution in [0.15, 0.2) is 16.9 Å². The van der Waals surface area contributed by atoms with Crippen molar-refractivity contribution in [2.45, 2.75) is 32.4 Å². The van der Waals surface area contributed by atoms with E-state index in [1.54, 1.807) is 6.07 Å². The highest BCUT2D eigenvalue weighted by atomic mass is 16.5. The minimum Gasteiger partial charge on any atom is -0.364 e. The van der Waals surface area contributed by atoms with Crippen LogP contribution in [0, 0.1) is 0 Å². The van der Waals surface area contributed by atoms with Gasteiger partial charge in [-0.1, -0.05) is 5.16 Å². The molecule has 1 aromatic heterocycles. The van der Waals surface area contributed by atoms with E-state index < -0.39 is 0 Å². The van der Waals surface area contributed by atoms with Crippen LogP contribution in [0.1, 0.15) is 25.5 Å². The Morgan fingerprint density at radius 3 is 3.14 bits per heavy atom. The summed E-state index contributed by atoms with van der Waals surface area (Å²) in [6.45, 7) is 2.29. The predicted molar refractivity (Wildman–Crippen MR) is 51.2 cm³/mol. The Morgan fingerprint density at radius 2 is 2.57 bits per heavy atom. The summed E-state index contributed by atoms with van der Waals surface area (Å²) in [5.74, 6) is -0.00898. The molecule has 14 heavy (non-hydrogen) atoms. The lowest BCUT2D eigenvalue weighted by molar-refractivity contribution is -0.121. The third-order valence-corrected chi connectivity index (χ3v) is 1.78. The number of nitrogens with two attached hydrogens (primary N) is 1. The lowest BCUT2D eigenvalue weighted by Crippen LogP contribution is -2.25. The molecule has 0 saturated carbocycles. The zero-order chi connectivity index (χ0) is 10.4. The van der Waals surface area contributed by atoms with Crippen LogP contribution in [-0.4, -0.2) is 17.1 Å². The van der Waals surface area contributed by atoms with Crippen molar-refractivity contribution < 1.29 is 9.32 Å². The number of aromatic nitrogens is 1. The zero-order valence-electron chi connectivity index (χ0n) is 8.19. The average molecular weight is 197 g/mol. The number of hydrogen-bond acceptors (Lipinski definition) is 4. The van der Waals surface area contributed by atoms with Gasteiger partial charge in [0, 0.05) is 18.5 Å². The summed E-state index contributed by atoms with van der Waals surface area (Å²) in [6.07, 6.45) is 2.63. The molecule has 0 radical (unpaired) electrons. The first kappa shape index (κ1) is 10.7. The maximum atomic E-state index is 11.2. The molecular formula is C9H15N3O2. The van der Waals surface area contributed by atoms with E-state index in [9.17, 15) is 4.79 Å². The number of amides is 1. The van der Waals surface area contributed by atoms with E-state index in [2.05, 4.69) is 15.0 Å². The lowest BCUT2D eigenvalue weighted by atomic mass is 10.2. The minimum absolute atomic E-state index is 0.00898. The molecule has 0 saturated heterocycles. The van der Waals surface area contributed by atoms with Gasteiger partial charge in [-0.25, -0.2) is 0 Å². The fourth-order valence-electron chi connectivity index (χ4n) is 0.965. The standard InChI is InChI=1S/C9H15N3O2/c1-7(10)2-3-9(13)11-6-8-4-5-14-12-8/h4-5,7H,2-3,6,10H2,1H3,(H,11,13). The summed E-state index contributed by atoms with van der Waals surface area (Å²) in [6, 6.07) is 1.78. The Labute approximate surface area is 82.6 Å². The Hall–Kier alpha value is -1.36. The van der Waals surface area contributed by atoms with Gasteiger partial charge < -0.3 is 15.6 Å². The van der Waals surface area contributed by atoms with E-state index in [1.165, 1.54) is 6.26 Å². The van der Waals surface area contributed by atoms with Crippen LogP contribution in [0.25, 0.3) is 0 Å². The molecule has 5 nitrogen and oxygen atoms in total. The number of nitrogens with one attached hydrogen (secondary N) is 1. The smallest absolute Gasteiger partial charge is 0.220 e. The maximum absolute atomic E-state index is 11.2. The second-order valence-electron chi connectivity index (χ2n) is 3.28. The van der Waals surface area contributed by atoms with Crippen LogP contribution in [0.5, 0.6) is 0 Å². The molecule has 0 aliphatic rings. The first-order valence-electron chi connectivity index (χ1n) is 4.60. The normalized spacial score (nSPS) is 12.4. The molecule has 5 heteroatoms. The summed E-state index contributed by atoms with van der Waals surface area (Å²) in [5, 5.41) is 6.39. The maximum Gasteiger partial charge on any atom is 0.220 e. The molecule has 0 bridgehead atoms. The van der Waals surface area contributed by atoms with E-state index in [0.717, 1.165) is 5.69 Å². The van der Waals surface area contributed by atoms with E-state index in [-0.39, 0.29) is 11.9 Å². The van der Waals surface area contributed by atoms with Crippen LogP contribution >= 0.6 is 0 Å². The third kappa shape index (κ3) is 4.04. The molecule has 0 fully saturated rings. The summed E-state index contributed by atoms with van der Waals surface area (Å²) < 4.78 is 4.62. The fourth-order valence-corrected chi connectivity index (χ4v) is 0.965. The molecule has 1 atom stereocenters. The Bertz CT molecular complexity index is 270. The fraction of sp³-hybridized carbons (Fsp3) is 0.556. The van der Waals surface area contributed by atoms with Crippen molar-refractivity contribution in [2.75, 3.05) is 0 Å². The van der Waals surface area contributed by atoms with Gasteiger partial charge in [0.1, 0.15) is 12.0 Å². The summed E-state index contributed by atoms with van der Waals surface area (Å²) >= 11 is 0. The van der Waals surface area contributed by atoms with Crippen molar-refractivity contribution >= 4 is 5.91 Å². The van der Waals surface area contributed by atoms with E-state index in [0.29, 0.717) is 19.4 Å². The Morgan fingerprint density at radius 1 is 1.79 bits per heavy atom. The highest BCUT2D eigenvalue weighted by Gasteiger charge is 2.04. The highest BCUT2D eigenvalue weighted by molar-refractivity contribution is 5.75. The first-order valence-corrected chi connectivity index (χ1v) is 4.60. The molecule has 0 spiro atoms.